The number of aromatic nitrogens is 1. The standard InChI is InChI=1S/C23H30FNO/c1-3-5-17-6-8-18(9-7-17)19-10-13-23(25-16-19)21-12-11-20(15-22(21)24)26-14-4-2/h10-13,15-18H,3-9,14H2,1-2H3/t17-,18-. The van der Waals surface area contributed by atoms with E-state index in [9.17, 15) is 4.39 Å². The van der Waals surface area contributed by atoms with E-state index in [1.54, 1.807) is 6.07 Å². The Labute approximate surface area is 156 Å². The minimum Gasteiger partial charge on any atom is -0.494 e. The lowest BCUT2D eigenvalue weighted by Crippen LogP contribution is -2.13. The second-order valence-electron chi connectivity index (χ2n) is 7.47. The first-order chi connectivity index (χ1) is 12.7. The number of ether oxygens (including phenoxy) is 1. The van der Waals surface area contributed by atoms with Gasteiger partial charge in [-0.25, -0.2) is 4.39 Å². The van der Waals surface area contributed by atoms with E-state index in [0.29, 0.717) is 29.5 Å². The minimum atomic E-state index is -0.279. The maximum atomic E-state index is 14.4. The average molecular weight is 355 g/mol. The molecule has 1 aliphatic rings. The lowest BCUT2D eigenvalue weighted by Gasteiger charge is -2.28. The maximum absolute atomic E-state index is 14.4. The van der Waals surface area contributed by atoms with Crippen molar-refractivity contribution in [2.24, 2.45) is 5.92 Å². The Bertz CT molecular complexity index is 690. The van der Waals surface area contributed by atoms with Gasteiger partial charge in [0.25, 0.3) is 0 Å². The predicted octanol–water partition coefficient (Wildman–Crippen LogP) is 6.75. The number of pyridine rings is 1. The van der Waals surface area contributed by atoms with E-state index in [1.165, 1.54) is 50.2 Å². The van der Waals surface area contributed by atoms with Crippen molar-refractivity contribution in [2.45, 2.75) is 64.7 Å². The highest BCUT2D eigenvalue weighted by Crippen LogP contribution is 2.37. The third-order valence-corrected chi connectivity index (χ3v) is 5.49. The monoisotopic (exact) mass is 355 g/mol. The number of benzene rings is 1. The van der Waals surface area contributed by atoms with E-state index in [-0.39, 0.29) is 5.82 Å². The summed E-state index contributed by atoms with van der Waals surface area (Å²) in [5.41, 5.74) is 2.52. The van der Waals surface area contributed by atoms with Crippen LogP contribution in [0.1, 0.15) is 70.3 Å². The topological polar surface area (TPSA) is 22.1 Å². The summed E-state index contributed by atoms with van der Waals surface area (Å²) in [5.74, 6) is 1.82. The first-order valence-electron chi connectivity index (χ1n) is 10.1. The molecule has 0 radical (unpaired) electrons. The Morgan fingerprint density at radius 2 is 1.85 bits per heavy atom. The van der Waals surface area contributed by atoms with Crippen LogP contribution in [0.2, 0.25) is 0 Å². The van der Waals surface area contributed by atoms with Gasteiger partial charge < -0.3 is 4.74 Å². The Hall–Kier alpha value is -1.90. The summed E-state index contributed by atoms with van der Waals surface area (Å²) in [6.45, 7) is 4.91. The molecular formula is C23H30FNO. The summed E-state index contributed by atoms with van der Waals surface area (Å²) in [4.78, 5) is 4.55. The molecule has 1 fully saturated rings. The largest absolute Gasteiger partial charge is 0.494 e. The Kier molecular flexibility index (Phi) is 6.65. The van der Waals surface area contributed by atoms with Gasteiger partial charge in [-0.3, -0.25) is 4.98 Å². The van der Waals surface area contributed by atoms with Crippen LogP contribution < -0.4 is 4.74 Å². The summed E-state index contributed by atoms with van der Waals surface area (Å²) in [5, 5.41) is 0. The van der Waals surface area contributed by atoms with Crippen LogP contribution in [0.4, 0.5) is 4.39 Å². The van der Waals surface area contributed by atoms with Crippen LogP contribution in [0.25, 0.3) is 11.3 Å². The molecule has 2 aromatic rings. The molecule has 0 amide bonds. The van der Waals surface area contributed by atoms with Crippen LogP contribution in [-0.2, 0) is 0 Å². The molecule has 1 aliphatic carbocycles. The predicted molar refractivity (Wildman–Crippen MR) is 105 cm³/mol. The Balaban J connectivity index is 1.66. The minimum absolute atomic E-state index is 0.279. The molecule has 0 spiro atoms. The third-order valence-electron chi connectivity index (χ3n) is 5.49. The lowest BCUT2D eigenvalue weighted by molar-refractivity contribution is 0.308. The molecule has 0 unspecified atom stereocenters. The molecule has 140 valence electrons. The van der Waals surface area contributed by atoms with Gasteiger partial charge in [-0.2, -0.15) is 0 Å². The van der Waals surface area contributed by atoms with E-state index in [2.05, 4.69) is 18.0 Å². The average Bonchev–Trinajstić information content (AvgIpc) is 2.68. The van der Waals surface area contributed by atoms with Crippen LogP contribution in [0.15, 0.2) is 36.5 Å². The molecule has 1 saturated carbocycles. The number of hydrogen-bond donors (Lipinski definition) is 0. The van der Waals surface area contributed by atoms with Crippen LogP contribution in [0.3, 0.4) is 0 Å². The number of hydrogen-bond acceptors (Lipinski definition) is 2. The fourth-order valence-electron chi connectivity index (χ4n) is 4.01. The van der Waals surface area contributed by atoms with Crippen LogP contribution >= 0.6 is 0 Å². The lowest BCUT2D eigenvalue weighted by atomic mass is 9.77. The van der Waals surface area contributed by atoms with Gasteiger partial charge in [0, 0.05) is 17.8 Å². The second-order valence-corrected chi connectivity index (χ2v) is 7.47. The van der Waals surface area contributed by atoms with Crippen molar-refractivity contribution in [3.8, 4) is 17.0 Å². The van der Waals surface area contributed by atoms with Gasteiger partial charge in [0.15, 0.2) is 0 Å². The molecule has 0 saturated heterocycles. The van der Waals surface area contributed by atoms with Crippen molar-refractivity contribution < 1.29 is 9.13 Å². The van der Waals surface area contributed by atoms with E-state index in [0.717, 1.165) is 12.3 Å². The first-order valence-corrected chi connectivity index (χ1v) is 10.1. The Morgan fingerprint density at radius 3 is 2.46 bits per heavy atom. The van der Waals surface area contributed by atoms with Crippen molar-refractivity contribution >= 4 is 0 Å². The molecule has 1 heterocycles. The molecular weight excluding hydrogens is 325 g/mol. The van der Waals surface area contributed by atoms with Crippen molar-refractivity contribution in [3.63, 3.8) is 0 Å². The summed E-state index contributed by atoms with van der Waals surface area (Å²) < 4.78 is 19.9. The molecule has 0 aliphatic heterocycles. The van der Waals surface area contributed by atoms with Gasteiger partial charge >= 0.3 is 0 Å². The number of rotatable bonds is 7. The third kappa shape index (κ3) is 4.63. The maximum Gasteiger partial charge on any atom is 0.136 e. The highest BCUT2D eigenvalue weighted by Gasteiger charge is 2.22. The molecule has 3 heteroatoms. The van der Waals surface area contributed by atoms with Gasteiger partial charge in [-0.1, -0.05) is 32.8 Å². The van der Waals surface area contributed by atoms with E-state index in [4.69, 9.17) is 4.74 Å². The smallest absolute Gasteiger partial charge is 0.136 e. The summed E-state index contributed by atoms with van der Waals surface area (Å²) in [6.07, 6.45) is 10.7. The van der Waals surface area contributed by atoms with Crippen molar-refractivity contribution in [1.29, 1.82) is 0 Å². The van der Waals surface area contributed by atoms with E-state index >= 15 is 0 Å². The fourth-order valence-corrected chi connectivity index (χ4v) is 4.01. The summed E-state index contributed by atoms with van der Waals surface area (Å²) in [6, 6.07) is 9.12. The normalized spacial score (nSPS) is 20.1. The van der Waals surface area contributed by atoms with Gasteiger partial charge in [-0.15, -0.1) is 0 Å². The Morgan fingerprint density at radius 1 is 1.04 bits per heavy atom. The van der Waals surface area contributed by atoms with Crippen LogP contribution in [0, 0.1) is 11.7 Å². The fraction of sp³-hybridized carbons (Fsp3) is 0.522. The van der Waals surface area contributed by atoms with Gasteiger partial charge in [-0.05, 0) is 67.7 Å². The molecule has 2 nitrogen and oxygen atoms in total. The molecule has 0 atom stereocenters. The molecule has 1 aromatic carbocycles. The van der Waals surface area contributed by atoms with E-state index in [1.807, 2.05) is 25.3 Å². The zero-order valence-electron chi connectivity index (χ0n) is 16.0. The zero-order chi connectivity index (χ0) is 18.4. The van der Waals surface area contributed by atoms with Crippen LogP contribution in [0.5, 0.6) is 5.75 Å². The second kappa shape index (κ2) is 9.16. The highest BCUT2D eigenvalue weighted by atomic mass is 19.1. The number of halogens is 1. The molecule has 0 bridgehead atoms. The van der Waals surface area contributed by atoms with Gasteiger partial charge in [0.1, 0.15) is 11.6 Å². The van der Waals surface area contributed by atoms with Gasteiger partial charge in [0.05, 0.1) is 12.3 Å². The van der Waals surface area contributed by atoms with E-state index < -0.39 is 0 Å². The summed E-state index contributed by atoms with van der Waals surface area (Å²) in [7, 11) is 0. The van der Waals surface area contributed by atoms with Crippen molar-refractivity contribution in [2.75, 3.05) is 6.61 Å². The molecule has 26 heavy (non-hydrogen) atoms. The quantitative estimate of drug-likeness (QED) is 0.548. The summed E-state index contributed by atoms with van der Waals surface area (Å²) >= 11 is 0. The SMILES string of the molecule is CCCOc1ccc(-c2ccc([C@H]3CC[C@H](CCC)CC3)cn2)c(F)c1. The van der Waals surface area contributed by atoms with Crippen LogP contribution in [-0.4, -0.2) is 11.6 Å². The molecule has 0 N–H and O–H groups in total. The molecule has 1 aromatic heterocycles. The van der Waals surface area contributed by atoms with Crippen molar-refractivity contribution in [3.05, 3.63) is 47.9 Å². The highest BCUT2D eigenvalue weighted by molar-refractivity contribution is 5.61. The van der Waals surface area contributed by atoms with Gasteiger partial charge in [0.2, 0.25) is 0 Å². The number of nitrogens with zero attached hydrogens (tertiary/aromatic N) is 1. The van der Waals surface area contributed by atoms with Crippen molar-refractivity contribution in [1.82, 2.24) is 4.98 Å². The molecule has 3 rings (SSSR count). The zero-order valence-corrected chi connectivity index (χ0v) is 16.0. The first kappa shape index (κ1) is 18.9.